The van der Waals surface area contributed by atoms with Crippen molar-refractivity contribution in [2.24, 2.45) is 0 Å². The summed E-state index contributed by atoms with van der Waals surface area (Å²) in [5.41, 5.74) is 2.09. The van der Waals surface area contributed by atoms with Crippen molar-refractivity contribution >= 4 is 20.1 Å². The number of benzene rings is 2. The zero-order valence-corrected chi connectivity index (χ0v) is 25.5. The Morgan fingerprint density at radius 1 is 0.897 bits per heavy atom. The third kappa shape index (κ3) is 8.37. The fourth-order valence-electron chi connectivity index (χ4n) is 4.22. The summed E-state index contributed by atoms with van der Waals surface area (Å²) in [5.74, 6) is 0.378. The van der Waals surface area contributed by atoms with Gasteiger partial charge in [0.2, 0.25) is 0 Å². The molecule has 1 heterocycles. The van der Waals surface area contributed by atoms with Gasteiger partial charge in [-0.15, -0.1) is 0 Å². The van der Waals surface area contributed by atoms with Crippen molar-refractivity contribution in [1.29, 1.82) is 0 Å². The Kier molecular flexibility index (Phi) is 11.1. The molecule has 212 valence electrons. The molecule has 39 heavy (non-hydrogen) atoms. The van der Waals surface area contributed by atoms with E-state index in [9.17, 15) is 9.59 Å². The number of nitrogens with zero attached hydrogens (tertiary/aromatic N) is 1. The molecule has 3 rings (SSSR count). The van der Waals surface area contributed by atoms with E-state index in [-0.39, 0.29) is 16.9 Å². The van der Waals surface area contributed by atoms with Crippen LogP contribution in [0.3, 0.4) is 0 Å². The molecule has 0 radical (unpaired) electrons. The van der Waals surface area contributed by atoms with E-state index in [2.05, 4.69) is 39.9 Å². The Labute approximate surface area is 235 Å². The van der Waals surface area contributed by atoms with Crippen LogP contribution in [0.15, 0.2) is 60.7 Å². The number of hydrogen-bond acceptors (Lipinski definition) is 5. The van der Waals surface area contributed by atoms with Crippen molar-refractivity contribution in [2.75, 3.05) is 20.3 Å². The molecule has 2 aromatic rings. The van der Waals surface area contributed by atoms with E-state index in [1.807, 2.05) is 30.3 Å². The minimum absolute atomic E-state index is 0.0433. The second kappa shape index (κ2) is 14.1. The van der Waals surface area contributed by atoms with Crippen LogP contribution < -0.4 is 4.74 Å². The standard InChI is InChI=1S/C32H45NO5Si/c1-32(2,3)39(5,6)38-24-26(33-30(34)28-16-12-13-17-29(28)31(33)35)15-11-9-7-8-10-14-22-37-23-25-18-20-27(36-4)21-19-25/h11-13,15-21,26H,7-10,14,22-24H2,1-6H3/b15-11-/t26-/m1/s1. The topological polar surface area (TPSA) is 65.1 Å². The number of unbranched alkanes of at least 4 members (excludes halogenated alkanes) is 4. The summed E-state index contributed by atoms with van der Waals surface area (Å²) in [6.07, 6.45) is 9.27. The zero-order valence-electron chi connectivity index (χ0n) is 24.5. The van der Waals surface area contributed by atoms with Crippen LogP contribution in [0.1, 0.15) is 79.2 Å². The normalized spacial score (nSPS) is 14.8. The summed E-state index contributed by atoms with van der Waals surface area (Å²) < 4.78 is 17.4. The molecular formula is C32H45NO5Si. The fraction of sp³-hybridized carbons (Fsp3) is 0.500. The third-order valence-electron chi connectivity index (χ3n) is 7.77. The van der Waals surface area contributed by atoms with Gasteiger partial charge in [-0.2, -0.15) is 0 Å². The number of amides is 2. The molecule has 0 aliphatic carbocycles. The molecule has 2 amide bonds. The summed E-state index contributed by atoms with van der Waals surface area (Å²) in [5, 5.41) is 0.0433. The number of rotatable bonds is 15. The molecule has 1 aliphatic rings. The SMILES string of the molecule is COc1ccc(COCCCCCC/C=C\[C@H](CO[Si](C)(C)C(C)(C)C)N2C(=O)c3ccccc3C2=O)cc1. The summed E-state index contributed by atoms with van der Waals surface area (Å²) in [6.45, 7) is 12.6. The minimum Gasteiger partial charge on any atom is -0.497 e. The van der Waals surface area contributed by atoms with Crippen LogP contribution in [0.5, 0.6) is 5.75 Å². The first-order chi connectivity index (χ1) is 18.5. The van der Waals surface area contributed by atoms with E-state index in [4.69, 9.17) is 13.9 Å². The quantitative estimate of drug-likeness (QED) is 0.0998. The lowest BCUT2D eigenvalue weighted by Crippen LogP contribution is -2.47. The molecule has 0 fully saturated rings. The van der Waals surface area contributed by atoms with Gasteiger partial charge in [0.1, 0.15) is 5.75 Å². The van der Waals surface area contributed by atoms with E-state index in [0.717, 1.165) is 50.0 Å². The van der Waals surface area contributed by atoms with Crippen molar-refractivity contribution < 1.29 is 23.5 Å². The van der Waals surface area contributed by atoms with Crippen LogP contribution in [0.25, 0.3) is 0 Å². The van der Waals surface area contributed by atoms with E-state index >= 15 is 0 Å². The second-order valence-electron chi connectivity index (χ2n) is 11.7. The van der Waals surface area contributed by atoms with Crippen LogP contribution in [-0.2, 0) is 15.8 Å². The highest BCUT2D eigenvalue weighted by Gasteiger charge is 2.42. The van der Waals surface area contributed by atoms with Crippen molar-refractivity contribution in [1.82, 2.24) is 4.90 Å². The van der Waals surface area contributed by atoms with Crippen LogP contribution in [0.2, 0.25) is 18.1 Å². The Morgan fingerprint density at radius 2 is 1.51 bits per heavy atom. The average molecular weight is 552 g/mol. The lowest BCUT2D eigenvalue weighted by molar-refractivity contribution is 0.0569. The van der Waals surface area contributed by atoms with Gasteiger partial charge in [-0.25, -0.2) is 0 Å². The largest absolute Gasteiger partial charge is 0.497 e. The predicted octanol–water partition coefficient (Wildman–Crippen LogP) is 7.41. The molecule has 0 unspecified atom stereocenters. The van der Waals surface area contributed by atoms with Crippen molar-refractivity contribution in [3.63, 3.8) is 0 Å². The fourth-order valence-corrected chi connectivity index (χ4v) is 5.24. The summed E-state index contributed by atoms with van der Waals surface area (Å²) in [4.78, 5) is 27.7. The number of ether oxygens (including phenoxy) is 2. The van der Waals surface area contributed by atoms with Crippen LogP contribution >= 0.6 is 0 Å². The number of fused-ring (bicyclic) bond motifs is 1. The zero-order chi connectivity index (χ0) is 28.5. The Bertz CT molecular complexity index is 1090. The predicted molar refractivity (Wildman–Crippen MR) is 159 cm³/mol. The van der Waals surface area contributed by atoms with E-state index < -0.39 is 14.4 Å². The molecular weight excluding hydrogens is 506 g/mol. The second-order valence-corrected chi connectivity index (χ2v) is 16.5. The maximum Gasteiger partial charge on any atom is 0.262 e. The van der Waals surface area contributed by atoms with Crippen molar-refractivity contribution in [3.05, 3.63) is 77.4 Å². The first kappa shape index (κ1) is 30.8. The molecule has 2 aromatic carbocycles. The Hall–Kier alpha value is -2.74. The van der Waals surface area contributed by atoms with Gasteiger partial charge in [0.15, 0.2) is 8.32 Å². The maximum atomic E-state index is 13.2. The lowest BCUT2D eigenvalue weighted by Gasteiger charge is -2.38. The maximum absolute atomic E-state index is 13.2. The van der Waals surface area contributed by atoms with Gasteiger partial charge in [-0.1, -0.05) is 70.0 Å². The van der Waals surface area contributed by atoms with E-state index in [1.165, 1.54) is 4.90 Å². The molecule has 0 bridgehead atoms. The Morgan fingerprint density at radius 3 is 2.10 bits per heavy atom. The van der Waals surface area contributed by atoms with Crippen LogP contribution in [-0.4, -0.2) is 51.4 Å². The van der Waals surface area contributed by atoms with Crippen molar-refractivity contribution in [3.8, 4) is 5.75 Å². The van der Waals surface area contributed by atoms with Gasteiger partial charge in [0, 0.05) is 6.61 Å². The summed E-state index contributed by atoms with van der Waals surface area (Å²) in [6, 6.07) is 14.6. The summed E-state index contributed by atoms with van der Waals surface area (Å²) in [7, 11) is -0.380. The van der Waals surface area contributed by atoms with E-state index in [0.29, 0.717) is 24.3 Å². The first-order valence-corrected chi connectivity index (χ1v) is 16.9. The highest BCUT2D eigenvalue weighted by atomic mass is 28.4. The number of carbonyl (C=O) groups excluding carboxylic acids is 2. The molecule has 7 heteroatoms. The molecule has 0 aromatic heterocycles. The number of carbonyl (C=O) groups is 2. The number of imide groups is 1. The monoisotopic (exact) mass is 551 g/mol. The summed E-state index contributed by atoms with van der Waals surface area (Å²) >= 11 is 0. The molecule has 6 nitrogen and oxygen atoms in total. The lowest BCUT2D eigenvalue weighted by atomic mass is 10.1. The van der Waals surface area contributed by atoms with Gasteiger partial charge in [-0.3, -0.25) is 14.5 Å². The smallest absolute Gasteiger partial charge is 0.262 e. The molecule has 0 N–H and O–H groups in total. The molecule has 0 saturated heterocycles. The van der Waals surface area contributed by atoms with Crippen LogP contribution in [0, 0.1) is 0 Å². The average Bonchev–Trinajstić information content (AvgIpc) is 3.16. The third-order valence-corrected chi connectivity index (χ3v) is 12.3. The highest BCUT2D eigenvalue weighted by molar-refractivity contribution is 6.74. The number of allylic oxidation sites excluding steroid dienone is 1. The Balaban J connectivity index is 1.46. The van der Waals surface area contributed by atoms with Gasteiger partial charge in [-0.05, 0) is 67.2 Å². The van der Waals surface area contributed by atoms with Gasteiger partial charge in [0.25, 0.3) is 11.8 Å². The first-order valence-electron chi connectivity index (χ1n) is 14.0. The van der Waals surface area contributed by atoms with Crippen LogP contribution in [0.4, 0.5) is 0 Å². The van der Waals surface area contributed by atoms with Gasteiger partial charge >= 0.3 is 0 Å². The molecule has 1 atom stereocenters. The molecule has 1 aliphatic heterocycles. The molecule has 0 saturated carbocycles. The minimum atomic E-state index is -2.05. The van der Waals surface area contributed by atoms with Gasteiger partial charge in [0.05, 0.1) is 37.5 Å². The molecule has 0 spiro atoms. The number of hydrogen-bond donors (Lipinski definition) is 0. The highest BCUT2D eigenvalue weighted by Crippen LogP contribution is 2.37. The van der Waals surface area contributed by atoms with E-state index in [1.54, 1.807) is 31.4 Å². The van der Waals surface area contributed by atoms with Crippen molar-refractivity contribution in [2.45, 2.75) is 83.7 Å². The van der Waals surface area contributed by atoms with Gasteiger partial charge < -0.3 is 13.9 Å². The number of methoxy groups -OCH3 is 1.